The third-order valence-electron chi connectivity index (χ3n) is 3.05. The molecule has 0 bridgehead atoms. The molecule has 3 aromatic rings. The van der Waals surface area contributed by atoms with Crippen molar-refractivity contribution in [1.29, 1.82) is 0 Å². The largest absolute Gasteiger partial charge is 0.493 e. The Morgan fingerprint density at radius 1 is 1.29 bits per heavy atom. The lowest BCUT2D eigenvalue weighted by Gasteiger charge is -2.06. The summed E-state index contributed by atoms with van der Waals surface area (Å²) in [6.07, 6.45) is 0. The Morgan fingerprint density at radius 3 is 2.86 bits per heavy atom. The van der Waals surface area contributed by atoms with E-state index in [-0.39, 0.29) is 5.56 Å². The predicted molar refractivity (Wildman–Crippen MR) is 83.2 cm³/mol. The number of ether oxygens (including phenoxy) is 1. The van der Waals surface area contributed by atoms with Crippen molar-refractivity contribution in [1.82, 2.24) is 4.98 Å². The van der Waals surface area contributed by atoms with E-state index in [1.165, 1.54) is 11.3 Å². The van der Waals surface area contributed by atoms with Crippen LogP contribution in [-0.2, 0) is 0 Å². The number of carboxylic acid groups (broad SMARTS) is 1. The number of para-hydroxylation sites is 1. The molecule has 0 aliphatic heterocycles. The van der Waals surface area contributed by atoms with Crippen LogP contribution in [0.15, 0.2) is 42.5 Å². The van der Waals surface area contributed by atoms with Gasteiger partial charge in [-0.05, 0) is 37.3 Å². The number of thiazole rings is 1. The van der Waals surface area contributed by atoms with Gasteiger partial charge >= 0.3 is 5.97 Å². The van der Waals surface area contributed by atoms with E-state index in [1.807, 2.05) is 31.2 Å². The summed E-state index contributed by atoms with van der Waals surface area (Å²) in [6, 6.07) is 12.7. The fourth-order valence-corrected chi connectivity index (χ4v) is 3.13. The van der Waals surface area contributed by atoms with Crippen molar-refractivity contribution in [3.05, 3.63) is 48.0 Å². The number of carbonyl (C=O) groups is 1. The minimum Gasteiger partial charge on any atom is -0.493 e. The number of fused-ring (bicyclic) bond motifs is 1. The van der Waals surface area contributed by atoms with Gasteiger partial charge in [0.15, 0.2) is 0 Å². The van der Waals surface area contributed by atoms with Crippen molar-refractivity contribution < 1.29 is 14.6 Å². The molecular weight excluding hydrogens is 286 g/mol. The quantitative estimate of drug-likeness (QED) is 0.789. The molecule has 0 fully saturated rings. The summed E-state index contributed by atoms with van der Waals surface area (Å²) >= 11 is 1.47. The zero-order chi connectivity index (χ0) is 14.8. The summed E-state index contributed by atoms with van der Waals surface area (Å²) in [4.78, 5) is 15.6. The summed E-state index contributed by atoms with van der Waals surface area (Å²) in [5, 5.41) is 9.88. The lowest BCUT2D eigenvalue weighted by atomic mass is 10.2. The molecule has 0 unspecified atom stereocenters. The standard InChI is InChI=1S/C16H13NO3S/c1-2-20-13-6-4-3-5-11(13)15-17-12-8-7-10(16(18)19)9-14(12)21-15/h3-9H,2H2,1H3,(H,18,19). The number of aromatic carboxylic acids is 1. The Kier molecular flexibility index (Phi) is 3.58. The van der Waals surface area contributed by atoms with Crippen LogP contribution >= 0.6 is 11.3 Å². The topological polar surface area (TPSA) is 59.4 Å². The Morgan fingerprint density at radius 2 is 2.10 bits per heavy atom. The molecule has 0 saturated heterocycles. The van der Waals surface area contributed by atoms with Gasteiger partial charge < -0.3 is 9.84 Å². The summed E-state index contributed by atoms with van der Waals surface area (Å²) in [5.41, 5.74) is 2.00. The van der Waals surface area contributed by atoms with Crippen LogP contribution < -0.4 is 4.74 Å². The summed E-state index contributed by atoms with van der Waals surface area (Å²) in [5.74, 6) is -0.140. The molecule has 3 rings (SSSR count). The van der Waals surface area contributed by atoms with Crippen LogP contribution in [0, 0.1) is 0 Å². The SMILES string of the molecule is CCOc1ccccc1-c1nc2ccc(C(=O)O)cc2s1. The first kappa shape index (κ1) is 13.6. The van der Waals surface area contributed by atoms with E-state index < -0.39 is 5.97 Å². The Bertz CT molecular complexity index is 810. The molecule has 21 heavy (non-hydrogen) atoms. The normalized spacial score (nSPS) is 10.7. The molecule has 0 spiro atoms. The maximum Gasteiger partial charge on any atom is 0.335 e. The van der Waals surface area contributed by atoms with Crippen LogP contribution in [0.25, 0.3) is 20.8 Å². The summed E-state index contributed by atoms with van der Waals surface area (Å²) < 4.78 is 6.48. The zero-order valence-corrected chi connectivity index (χ0v) is 12.2. The minimum absolute atomic E-state index is 0.274. The first-order valence-electron chi connectivity index (χ1n) is 6.55. The van der Waals surface area contributed by atoms with E-state index in [4.69, 9.17) is 9.84 Å². The fraction of sp³-hybridized carbons (Fsp3) is 0.125. The molecule has 0 aliphatic rings. The number of carboxylic acids is 1. The van der Waals surface area contributed by atoms with Gasteiger partial charge in [-0.2, -0.15) is 0 Å². The van der Waals surface area contributed by atoms with E-state index in [9.17, 15) is 4.79 Å². The van der Waals surface area contributed by atoms with Gasteiger partial charge in [0.05, 0.1) is 28.0 Å². The summed E-state index contributed by atoms with van der Waals surface area (Å²) in [6.45, 7) is 2.53. The molecule has 1 heterocycles. The van der Waals surface area contributed by atoms with E-state index >= 15 is 0 Å². The highest BCUT2D eigenvalue weighted by Gasteiger charge is 2.12. The third-order valence-corrected chi connectivity index (χ3v) is 4.10. The molecule has 0 radical (unpaired) electrons. The van der Waals surface area contributed by atoms with Gasteiger partial charge in [-0.25, -0.2) is 9.78 Å². The van der Waals surface area contributed by atoms with Gasteiger partial charge in [0.25, 0.3) is 0 Å². The van der Waals surface area contributed by atoms with Crippen LogP contribution in [0.2, 0.25) is 0 Å². The van der Waals surface area contributed by atoms with Gasteiger partial charge in [0.2, 0.25) is 0 Å². The highest BCUT2D eigenvalue weighted by molar-refractivity contribution is 7.21. The van der Waals surface area contributed by atoms with Gasteiger partial charge in [-0.1, -0.05) is 12.1 Å². The van der Waals surface area contributed by atoms with Crippen molar-refractivity contribution >= 4 is 27.5 Å². The van der Waals surface area contributed by atoms with E-state index in [0.29, 0.717) is 6.61 Å². The highest BCUT2D eigenvalue weighted by Crippen LogP contribution is 2.35. The molecule has 1 N–H and O–H groups in total. The van der Waals surface area contributed by atoms with Crippen LogP contribution in [0.4, 0.5) is 0 Å². The highest BCUT2D eigenvalue weighted by atomic mass is 32.1. The van der Waals surface area contributed by atoms with Gasteiger partial charge in [-0.3, -0.25) is 0 Å². The first-order valence-corrected chi connectivity index (χ1v) is 7.36. The monoisotopic (exact) mass is 299 g/mol. The van der Waals surface area contributed by atoms with Crippen LogP contribution in [-0.4, -0.2) is 22.7 Å². The maximum atomic E-state index is 11.0. The smallest absolute Gasteiger partial charge is 0.335 e. The van der Waals surface area contributed by atoms with Crippen LogP contribution in [0.3, 0.4) is 0 Å². The Balaban J connectivity index is 2.11. The van der Waals surface area contributed by atoms with Crippen molar-refractivity contribution in [2.45, 2.75) is 6.92 Å². The maximum absolute atomic E-state index is 11.0. The van der Waals surface area contributed by atoms with Crippen LogP contribution in [0.1, 0.15) is 17.3 Å². The molecule has 106 valence electrons. The lowest BCUT2D eigenvalue weighted by Crippen LogP contribution is -1.94. The van der Waals surface area contributed by atoms with Gasteiger partial charge in [-0.15, -0.1) is 11.3 Å². The fourth-order valence-electron chi connectivity index (χ4n) is 2.10. The molecule has 0 aliphatic carbocycles. The minimum atomic E-state index is -0.929. The molecule has 4 nitrogen and oxygen atoms in total. The average molecular weight is 299 g/mol. The summed E-state index contributed by atoms with van der Waals surface area (Å²) in [7, 11) is 0. The second-order valence-electron chi connectivity index (χ2n) is 4.44. The lowest BCUT2D eigenvalue weighted by molar-refractivity contribution is 0.0697. The van der Waals surface area contributed by atoms with Crippen molar-refractivity contribution in [2.75, 3.05) is 6.61 Å². The van der Waals surface area contributed by atoms with Gasteiger partial charge in [0, 0.05) is 0 Å². The second kappa shape index (κ2) is 5.54. The molecule has 0 atom stereocenters. The van der Waals surface area contributed by atoms with Crippen molar-refractivity contribution in [3.63, 3.8) is 0 Å². The number of hydrogen-bond donors (Lipinski definition) is 1. The Hall–Kier alpha value is -2.40. The van der Waals surface area contributed by atoms with Gasteiger partial charge in [0.1, 0.15) is 10.8 Å². The van der Waals surface area contributed by atoms with Crippen LogP contribution in [0.5, 0.6) is 5.75 Å². The second-order valence-corrected chi connectivity index (χ2v) is 5.47. The number of hydrogen-bond acceptors (Lipinski definition) is 4. The third kappa shape index (κ3) is 2.60. The van der Waals surface area contributed by atoms with E-state index in [0.717, 1.165) is 26.5 Å². The number of benzene rings is 2. The number of aromatic nitrogens is 1. The molecular formula is C16H13NO3S. The molecule has 0 saturated carbocycles. The van der Waals surface area contributed by atoms with E-state index in [1.54, 1.807) is 18.2 Å². The molecule has 1 aromatic heterocycles. The number of rotatable bonds is 4. The van der Waals surface area contributed by atoms with Crippen molar-refractivity contribution in [3.8, 4) is 16.3 Å². The van der Waals surface area contributed by atoms with Crippen molar-refractivity contribution in [2.24, 2.45) is 0 Å². The first-order chi connectivity index (χ1) is 10.2. The molecule has 0 amide bonds. The Labute approximate surface area is 125 Å². The zero-order valence-electron chi connectivity index (χ0n) is 11.4. The van der Waals surface area contributed by atoms with E-state index in [2.05, 4.69) is 4.98 Å². The predicted octanol–water partition coefficient (Wildman–Crippen LogP) is 4.06. The molecule has 2 aromatic carbocycles. The average Bonchev–Trinajstić information content (AvgIpc) is 2.90. The number of nitrogens with zero attached hydrogens (tertiary/aromatic N) is 1. The molecule has 5 heteroatoms.